The van der Waals surface area contributed by atoms with E-state index in [9.17, 15) is 4.79 Å². The molecule has 3 heterocycles. The first kappa shape index (κ1) is 22.1. The van der Waals surface area contributed by atoms with E-state index in [2.05, 4.69) is 23.3 Å². The second kappa shape index (κ2) is 9.98. The number of hydrogen-bond acceptors (Lipinski definition) is 4. The minimum Gasteiger partial charge on any atom is -0.494 e. The van der Waals surface area contributed by atoms with E-state index in [-0.39, 0.29) is 11.8 Å². The second-order valence-electron chi connectivity index (χ2n) is 8.57. The number of likely N-dealkylation sites (tertiary alicyclic amines) is 1. The van der Waals surface area contributed by atoms with Crippen LogP contribution in [0.2, 0.25) is 0 Å². The number of benzene rings is 1. The standard InChI is InChI=1S/C26H32N4O2/c1-4-32-25-10-6-5-8-22(25)15-21-11-12-24(27-16-21)23-9-7-13-29(17-23)26(31)18-30-20(3)14-19(2)28-30/h5-6,8,10-12,14,16,23H,4,7,9,13,15,17-18H2,1-3H3/t23-/m0/s1. The molecule has 1 aromatic carbocycles. The van der Waals surface area contributed by atoms with Crippen LogP contribution < -0.4 is 4.74 Å². The molecule has 0 spiro atoms. The van der Waals surface area contributed by atoms with Crippen molar-refractivity contribution in [2.75, 3.05) is 19.7 Å². The molecule has 0 unspecified atom stereocenters. The Labute approximate surface area is 190 Å². The van der Waals surface area contributed by atoms with Crippen LogP contribution in [-0.4, -0.2) is 45.3 Å². The number of hydrogen-bond donors (Lipinski definition) is 0. The number of aryl methyl sites for hydroxylation is 2. The van der Waals surface area contributed by atoms with Crippen LogP contribution in [0.4, 0.5) is 0 Å². The molecule has 6 nitrogen and oxygen atoms in total. The molecule has 1 aliphatic heterocycles. The van der Waals surface area contributed by atoms with Gasteiger partial charge >= 0.3 is 0 Å². The van der Waals surface area contributed by atoms with E-state index in [1.165, 1.54) is 5.56 Å². The van der Waals surface area contributed by atoms with Gasteiger partial charge in [-0.3, -0.25) is 14.5 Å². The number of nitrogens with zero attached hydrogens (tertiary/aromatic N) is 4. The Morgan fingerprint density at radius 3 is 2.75 bits per heavy atom. The highest BCUT2D eigenvalue weighted by molar-refractivity contribution is 5.76. The van der Waals surface area contributed by atoms with Crippen molar-refractivity contribution in [1.82, 2.24) is 19.7 Å². The summed E-state index contributed by atoms with van der Waals surface area (Å²) in [5.74, 6) is 1.34. The molecule has 0 aliphatic carbocycles. The van der Waals surface area contributed by atoms with Crippen LogP contribution >= 0.6 is 0 Å². The van der Waals surface area contributed by atoms with Gasteiger partial charge in [0.2, 0.25) is 5.91 Å². The number of piperidine rings is 1. The van der Waals surface area contributed by atoms with E-state index in [1.54, 1.807) is 4.68 Å². The average Bonchev–Trinajstić information content (AvgIpc) is 3.12. The molecule has 1 aliphatic rings. The quantitative estimate of drug-likeness (QED) is 0.559. The smallest absolute Gasteiger partial charge is 0.244 e. The van der Waals surface area contributed by atoms with E-state index in [4.69, 9.17) is 9.72 Å². The zero-order valence-electron chi connectivity index (χ0n) is 19.3. The Balaban J connectivity index is 1.39. The molecule has 4 rings (SSSR count). The van der Waals surface area contributed by atoms with E-state index < -0.39 is 0 Å². The summed E-state index contributed by atoms with van der Waals surface area (Å²) < 4.78 is 7.55. The predicted octanol–water partition coefficient (Wildman–Crippen LogP) is 4.29. The molecule has 0 saturated carbocycles. The summed E-state index contributed by atoms with van der Waals surface area (Å²) in [5, 5.41) is 4.43. The van der Waals surface area contributed by atoms with Gasteiger partial charge < -0.3 is 9.64 Å². The highest BCUT2D eigenvalue weighted by Gasteiger charge is 2.26. The van der Waals surface area contributed by atoms with Gasteiger partial charge in [-0.15, -0.1) is 0 Å². The summed E-state index contributed by atoms with van der Waals surface area (Å²) in [7, 11) is 0. The summed E-state index contributed by atoms with van der Waals surface area (Å²) >= 11 is 0. The van der Waals surface area contributed by atoms with Crippen LogP contribution in [-0.2, 0) is 17.8 Å². The number of para-hydroxylation sites is 1. The van der Waals surface area contributed by atoms with Gasteiger partial charge in [0.25, 0.3) is 0 Å². The van der Waals surface area contributed by atoms with Crippen molar-refractivity contribution >= 4 is 5.91 Å². The highest BCUT2D eigenvalue weighted by Crippen LogP contribution is 2.27. The van der Waals surface area contributed by atoms with Crippen molar-refractivity contribution in [1.29, 1.82) is 0 Å². The Kier molecular flexibility index (Phi) is 6.88. The molecule has 1 atom stereocenters. The van der Waals surface area contributed by atoms with Crippen molar-refractivity contribution < 1.29 is 9.53 Å². The molecule has 3 aromatic rings. The molecule has 1 amide bonds. The normalized spacial score (nSPS) is 16.2. The fourth-order valence-corrected chi connectivity index (χ4v) is 4.46. The predicted molar refractivity (Wildman–Crippen MR) is 125 cm³/mol. The molecule has 1 saturated heterocycles. The molecule has 0 N–H and O–H groups in total. The van der Waals surface area contributed by atoms with Crippen LogP contribution in [0.5, 0.6) is 5.75 Å². The van der Waals surface area contributed by atoms with Gasteiger partial charge in [-0.2, -0.15) is 5.10 Å². The first-order valence-electron chi connectivity index (χ1n) is 11.5. The summed E-state index contributed by atoms with van der Waals surface area (Å²) in [5.41, 5.74) is 5.36. The zero-order valence-corrected chi connectivity index (χ0v) is 19.3. The minimum atomic E-state index is 0.130. The van der Waals surface area contributed by atoms with Gasteiger partial charge in [-0.05, 0) is 62.9 Å². The van der Waals surface area contributed by atoms with Crippen molar-refractivity contribution in [3.8, 4) is 5.75 Å². The van der Waals surface area contributed by atoms with Crippen molar-refractivity contribution in [3.63, 3.8) is 0 Å². The second-order valence-corrected chi connectivity index (χ2v) is 8.57. The molecule has 0 bridgehead atoms. The summed E-state index contributed by atoms with van der Waals surface area (Å²) in [4.78, 5) is 19.6. The minimum absolute atomic E-state index is 0.130. The number of pyridine rings is 1. The maximum Gasteiger partial charge on any atom is 0.244 e. The average molecular weight is 433 g/mol. The van der Waals surface area contributed by atoms with Crippen LogP contribution in [0.25, 0.3) is 0 Å². The lowest BCUT2D eigenvalue weighted by Crippen LogP contribution is -2.41. The van der Waals surface area contributed by atoms with E-state index in [1.807, 2.05) is 56.1 Å². The number of ether oxygens (including phenoxy) is 1. The number of carbonyl (C=O) groups is 1. The third-order valence-electron chi connectivity index (χ3n) is 6.10. The van der Waals surface area contributed by atoms with Gasteiger partial charge in [0.05, 0.1) is 12.3 Å². The molecule has 168 valence electrons. The zero-order chi connectivity index (χ0) is 22.5. The summed E-state index contributed by atoms with van der Waals surface area (Å²) in [6.07, 6.45) is 4.82. The molecular weight excluding hydrogens is 400 g/mol. The lowest BCUT2D eigenvalue weighted by molar-refractivity contribution is -0.133. The van der Waals surface area contributed by atoms with Crippen LogP contribution in [0.3, 0.4) is 0 Å². The van der Waals surface area contributed by atoms with Crippen LogP contribution in [0.1, 0.15) is 53.9 Å². The van der Waals surface area contributed by atoms with E-state index in [0.717, 1.165) is 60.7 Å². The van der Waals surface area contributed by atoms with Crippen molar-refractivity contribution in [2.45, 2.75) is 52.5 Å². The lowest BCUT2D eigenvalue weighted by Gasteiger charge is -2.32. The van der Waals surface area contributed by atoms with Crippen LogP contribution in [0.15, 0.2) is 48.7 Å². The fourth-order valence-electron chi connectivity index (χ4n) is 4.46. The monoisotopic (exact) mass is 432 g/mol. The Morgan fingerprint density at radius 2 is 2.03 bits per heavy atom. The molecule has 1 fully saturated rings. The third-order valence-corrected chi connectivity index (χ3v) is 6.10. The topological polar surface area (TPSA) is 60.2 Å². The van der Waals surface area contributed by atoms with E-state index >= 15 is 0 Å². The Bertz CT molecular complexity index is 1060. The number of amides is 1. The molecule has 32 heavy (non-hydrogen) atoms. The number of aromatic nitrogens is 3. The summed E-state index contributed by atoms with van der Waals surface area (Å²) in [6.45, 7) is 8.43. The maximum atomic E-state index is 12.9. The Hall–Kier alpha value is -3.15. The first-order valence-corrected chi connectivity index (χ1v) is 11.5. The Morgan fingerprint density at radius 1 is 1.19 bits per heavy atom. The fraction of sp³-hybridized carbons (Fsp3) is 0.423. The highest BCUT2D eigenvalue weighted by atomic mass is 16.5. The molecule has 2 aromatic heterocycles. The SMILES string of the molecule is CCOc1ccccc1Cc1ccc([C@H]2CCCN(C(=O)Cn3nc(C)cc3C)C2)nc1. The largest absolute Gasteiger partial charge is 0.494 e. The van der Waals surface area contributed by atoms with Gasteiger partial charge in [0.1, 0.15) is 12.3 Å². The van der Waals surface area contributed by atoms with Gasteiger partial charge in [-0.25, -0.2) is 0 Å². The number of carbonyl (C=O) groups excluding carboxylic acids is 1. The van der Waals surface area contributed by atoms with Gasteiger partial charge in [0.15, 0.2) is 0 Å². The van der Waals surface area contributed by atoms with E-state index in [0.29, 0.717) is 13.2 Å². The molecular formula is C26H32N4O2. The van der Waals surface area contributed by atoms with Gasteiger partial charge in [0, 0.05) is 43.0 Å². The first-order chi connectivity index (χ1) is 15.5. The number of rotatable bonds is 7. The van der Waals surface area contributed by atoms with Crippen LogP contribution in [0, 0.1) is 13.8 Å². The maximum absolute atomic E-state index is 12.9. The lowest BCUT2D eigenvalue weighted by atomic mass is 9.93. The molecule has 6 heteroatoms. The summed E-state index contributed by atoms with van der Waals surface area (Å²) in [6, 6.07) is 14.4. The van der Waals surface area contributed by atoms with Crippen molar-refractivity contribution in [2.24, 2.45) is 0 Å². The molecule has 0 radical (unpaired) electrons. The van der Waals surface area contributed by atoms with Crippen molar-refractivity contribution in [3.05, 3.63) is 76.9 Å². The third kappa shape index (κ3) is 5.18. The van der Waals surface area contributed by atoms with Gasteiger partial charge in [-0.1, -0.05) is 24.3 Å².